The van der Waals surface area contributed by atoms with Gasteiger partial charge in [-0.25, -0.2) is 0 Å². The SMILES string of the molecule is O=C(Cc1ccc(Br)cn1)c1ccncc1Cl. The molecule has 17 heavy (non-hydrogen) atoms. The van der Waals surface area contributed by atoms with Gasteiger partial charge in [0.1, 0.15) is 0 Å². The maximum absolute atomic E-state index is 12.0. The predicted octanol–water partition coefficient (Wildman–Crippen LogP) is 3.32. The van der Waals surface area contributed by atoms with E-state index in [-0.39, 0.29) is 12.2 Å². The second-order valence-corrected chi connectivity index (χ2v) is 4.75. The second-order valence-electron chi connectivity index (χ2n) is 3.42. The van der Waals surface area contributed by atoms with E-state index < -0.39 is 0 Å². The molecule has 2 aromatic heterocycles. The number of nitrogens with zero attached hydrogens (tertiary/aromatic N) is 2. The Labute approximate surface area is 112 Å². The summed E-state index contributed by atoms with van der Waals surface area (Å²) in [5.41, 5.74) is 1.19. The number of halogens is 2. The lowest BCUT2D eigenvalue weighted by molar-refractivity contribution is 0.0992. The van der Waals surface area contributed by atoms with Gasteiger partial charge >= 0.3 is 0 Å². The summed E-state index contributed by atoms with van der Waals surface area (Å²) in [6.07, 6.45) is 4.91. The Bertz CT molecular complexity index is 542. The van der Waals surface area contributed by atoms with E-state index in [1.165, 1.54) is 6.20 Å². The lowest BCUT2D eigenvalue weighted by Crippen LogP contribution is -2.05. The molecule has 2 aromatic rings. The van der Waals surface area contributed by atoms with Crippen molar-refractivity contribution in [2.24, 2.45) is 0 Å². The average Bonchev–Trinajstić information content (AvgIpc) is 2.32. The normalized spacial score (nSPS) is 10.2. The molecule has 2 rings (SSSR count). The van der Waals surface area contributed by atoms with Crippen LogP contribution in [0.5, 0.6) is 0 Å². The van der Waals surface area contributed by atoms with Gasteiger partial charge in [-0.05, 0) is 34.1 Å². The molecule has 0 aromatic carbocycles. The predicted molar refractivity (Wildman–Crippen MR) is 69.2 cm³/mol. The number of hydrogen-bond donors (Lipinski definition) is 0. The van der Waals surface area contributed by atoms with Gasteiger partial charge in [-0.15, -0.1) is 0 Å². The van der Waals surface area contributed by atoms with E-state index in [1.807, 2.05) is 6.07 Å². The maximum Gasteiger partial charge on any atom is 0.170 e. The molecule has 3 nitrogen and oxygen atoms in total. The Kier molecular flexibility index (Phi) is 3.86. The van der Waals surface area contributed by atoms with Crippen molar-refractivity contribution in [1.29, 1.82) is 0 Å². The van der Waals surface area contributed by atoms with E-state index in [1.54, 1.807) is 24.5 Å². The highest BCUT2D eigenvalue weighted by molar-refractivity contribution is 9.10. The molecule has 0 amide bonds. The molecule has 0 spiro atoms. The van der Waals surface area contributed by atoms with Crippen LogP contribution in [-0.2, 0) is 6.42 Å². The molecular formula is C12H8BrClN2O. The van der Waals surface area contributed by atoms with Crippen LogP contribution in [0.4, 0.5) is 0 Å². The molecule has 5 heteroatoms. The fraction of sp³-hybridized carbons (Fsp3) is 0.0833. The van der Waals surface area contributed by atoms with Crippen LogP contribution in [0, 0.1) is 0 Å². The molecule has 2 heterocycles. The van der Waals surface area contributed by atoms with E-state index >= 15 is 0 Å². The minimum Gasteiger partial charge on any atom is -0.294 e. The number of Topliss-reactive ketones (excluding diaryl/α,β-unsaturated/α-hetero) is 1. The standard InChI is InChI=1S/C12H8BrClN2O/c13-8-1-2-9(16-6-8)5-12(17)10-3-4-15-7-11(10)14/h1-4,6-7H,5H2. The number of hydrogen-bond acceptors (Lipinski definition) is 3. The molecule has 0 fully saturated rings. The highest BCUT2D eigenvalue weighted by Gasteiger charge is 2.11. The van der Waals surface area contributed by atoms with Gasteiger partial charge in [-0.3, -0.25) is 14.8 Å². The van der Waals surface area contributed by atoms with Gasteiger partial charge in [0.15, 0.2) is 5.78 Å². The molecule has 0 atom stereocenters. The minimum absolute atomic E-state index is 0.0628. The molecule has 0 aliphatic carbocycles. The van der Waals surface area contributed by atoms with Crippen molar-refractivity contribution in [2.75, 3.05) is 0 Å². The summed E-state index contributed by atoms with van der Waals surface area (Å²) in [5.74, 6) is -0.0628. The Morgan fingerprint density at radius 2 is 2.12 bits per heavy atom. The van der Waals surface area contributed by atoms with Crippen LogP contribution >= 0.6 is 27.5 Å². The summed E-state index contributed by atoms with van der Waals surface area (Å²) < 4.78 is 0.885. The number of carbonyl (C=O) groups excluding carboxylic acids is 1. The summed E-state index contributed by atoms with van der Waals surface area (Å²) in [6.45, 7) is 0. The largest absolute Gasteiger partial charge is 0.294 e. The smallest absolute Gasteiger partial charge is 0.170 e. The zero-order valence-corrected chi connectivity index (χ0v) is 11.1. The summed E-state index contributed by atoms with van der Waals surface area (Å²) in [5, 5.41) is 0.370. The van der Waals surface area contributed by atoms with Crippen molar-refractivity contribution in [3.63, 3.8) is 0 Å². The van der Waals surface area contributed by atoms with Crippen LogP contribution in [0.3, 0.4) is 0 Å². The number of rotatable bonds is 3. The summed E-state index contributed by atoms with van der Waals surface area (Å²) in [4.78, 5) is 19.9. The van der Waals surface area contributed by atoms with Gasteiger partial charge in [-0.1, -0.05) is 11.6 Å². The molecule has 0 aliphatic heterocycles. The van der Waals surface area contributed by atoms with Crippen LogP contribution in [-0.4, -0.2) is 15.8 Å². The summed E-state index contributed by atoms with van der Waals surface area (Å²) in [6, 6.07) is 5.27. The third-order valence-electron chi connectivity index (χ3n) is 2.20. The van der Waals surface area contributed by atoms with Gasteiger partial charge in [-0.2, -0.15) is 0 Å². The first-order valence-corrected chi connectivity index (χ1v) is 6.07. The van der Waals surface area contributed by atoms with Crippen LogP contribution in [0.15, 0.2) is 41.3 Å². The Morgan fingerprint density at radius 3 is 2.76 bits per heavy atom. The summed E-state index contributed by atoms with van der Waals surface area (Å²) in [7, 11) is 0. The molecule has 0 bridgehead atoms. The number of pyridine rings is 2. The third-order valence-corrected chi connectivity index (χ3v) is 2.97. The zero-order valence-electron chi connectivity index (χ0n) is 8.73. The third kappa shape index (κ3) is 3.11. The number of aromatic nitrogens is 2. The lowest BCUT2D eigenvalue weighted by Gasteiger charge is -2.02. The fourth-order valence-electron chi connectivity index (χ4n) is 1.37. The monoisotopic (exact) mass is 310 g/mol. The molecule has 0 saturated heterocycles. The first-order valence-electron chi connectivity index (χ1n) is 4.90. The second kappa shape index (κ2) is 5.38. The topological polar surface area (TPSA) is 42.9 Å². The van der Waals surface area contributed by atoms with E-state index in [0.717, 1.165) is 4.47 Å². The van der Waals surface area contributed by atoms with Gasteiger partial charge < -0.3 is 0 Å². The first kappa shape index (κ1) is 12.2. The van der Waals surface area contributed by atoms with Gasteiger partial charge in [0.25, 0.3) is 0 Å². The van der Waals surface area contributed by atoms with Crippen LogP contribution < -0.4 is 0 Å². The van der Waals surface area contributed by atoms with Gasteiger partial charge in [0, 0.05) is 34.3 Å². The summed E-state index contributed by atoms with van der Waals surface area (Å²) >= 11 is 9.19. The van der Waals surface area contributed by atoms with Crippen molar-refractivity contribution in [3.8, 4) is 0 Å². The molecule has 0 saturated carbocycles. The lowest BCUT2D eigenvalue weighted by atomic mass is 10.1. The van der Waals surface area contributed by atoms with Crippen molar-refractivity contribution >= 4 is 33.3 Å². The Morgan fingerprint density at radius 1 is 1.29 bits per heavy atom. The van der Waals surface area contributed by atoms with Crippen LogP contribution in [0.2, 0.25) is 5.02 Å². The molecule has 86 valence electrons. The fourth-order valence-corrected chi connectivity index (χ4v) is 1.83. The van der Waals surface area contributed by atoms with Crippen molar-refractivity contribution in [1.82, 2.24) is 9.97 Å². The highest BCUT2D eigenvalue weighted by atomic mass is 79.9. The van der Waals surface area contributed by atoms with E-state index in [0.29, 0.717) is 16.3 Å². The number of carbonyl (C=O) groups is 1. The average molecular weight is 312 g/mol. The van der Waals surface area contributed by atoms with Crippen molar-refractivity contribution < 1.29 is 4.79 Å². The highest BCUT2D eigenvalue weighted by Crippen LogP contribution is 2.16. The van der Waals surface area contributed by atoms with E-state index in [9.17, 15) is 4.79 Å². The zero-order chi connectivity index (χ0) is 12.3. The van der Waals surface area contributed by atoms with Crippen molar-refractivity contribution in [3.05, 3.63) is 57.5 Å². The maximum atomic E-state index is 12.0. The number of ketones is 1. The first-order chi connectivity index (χ1) is 8.16. The van der Waals surface area contributed by atoms with E-state index in [2.05, 4.69) is 25.9 Å². The molecule has 0 radical (unpaired) electrons. The van der Waals surface area contributed by atoms with Crippen LogP contribution in [0.1, 0.15) is 16.1 Å². The minimum atomic E-state index is -0.0628. The Balaban J connectivity index is 2.17. The van der Waals surface area contributed by atoms with Crippen molar-refractivity contribution in [2.45, 2.75) is 6.42 Å². The van der Waals surface area contributed by atoms with Gasteiger partial charge in [0.05, 0.1) is 11.4 Å². The molecule has 0 aliphatic rings. The quantitative estimate of drug-likeness (QED) is 0.817. The molecular weight excluding hydrogens is 304 g/mol. The van der Waals surface area contributed by atoms with E-state index in [4.69, 9.17) is 11.6 Å². The van der Waals surface area contributed by atoms with Gasteiger partial charge in [0.2, 0.25) is 0 Å². The molecule has 0 unspecified atom stereocenters. The molecule has 0 N–H and O–H groups in total. The van der Waals surface area contributed by atoms with Crippen LogP contribution in [0.25, 0.3) is 0 Å². The Hall–Kier alpha value is -1.26.